The molecule has 7 nitrogen and oxygen atoms in total. The van der Waals surface area contributed by atoms with Crippen molar-refractivity contribution in [2.24, 2.45) is 0 Å². The highest BCUT2D eigenvalue weighted by molar-refractivity contribution is 5.68. The second-order valence-electron chi connectivity index (χ2n) is 7.71. The molecule has 0 saturated carbocycles. The number of alkyl halides is 3. The number of carboxylic acids is 1. The van der Waals surface area contributed by atoms with Crippen LogP contribution < -0.4 is 9.64 Å². The standard InChI is InChI=1S/C25H26F3N3O4/c1-3-18-14-17(4-9-22(18)35-16-23(32)33)15-31(12-13-34-2)24-29-11-10-21(30-24)19-5-7-20(8-6-19)25(26,27)28/h4-11,14H,3,12-13,15-16H2,1-2H3,(H,32,33). The number of carbonyl (C=O) groups is 1. The monoisotopic (exact) mass is 489 g/mol. The minimum absolute atomic E-state index is 0.406. The summed E-state index contributed by atoms with van der Waals surface area (Å²) >= 11 is 0. The predicted octanol–water partition coefficient (Wildman–Crippen LogP) is 4.84. The van der Waals surface area contributed by atoms with Crippen LogP contribution in [-0.2, 0) is 28.7 Å². The third kappa shape index (κ3) is 7.16. The highest BCUT2D eigenvalue weighted by Gasteiger charge is 2.30. The number of rotatable bonds is 11. The number of nitrogens with zero attached hydrogens (tertiary/aromatic N) is 3. The van der Waals surface area contributed by atoms with Gasteiger partial charge in [-0.2, -0.15) is 13.2 Å². The van der Waals surface area contributed by atoms with Gasteiger partial charge in [-0.05, 0) is 41.8 Å². The summed E-state index contributed by atoms with van der Waals surface area (Å²) in [7, 11) is 1.58. The fraction of sp³-hybridized carbons (Fsp3) is 0.320. The van der Waals surface area contributed by atoms with E-state index in [9.17, 15) is 18.0 Å². The van der Waals surface area contributed by atoms with Crippen molar-refractivity contribution in [2.45, 2.75) is 26.1 Å². The zero-order valence-corrected chi connectivity index (χ0v) is 19.4. The van der Waals surface area contributed by atoms with Crippen LogP contribution in [0, 0.1) is 0 Å². The van der Waals surface area contributed by atoms with Crippen LogP contribution in [0.15, 0.2) is 54.7 Å². The van der Waals surface area contributed by atoms with Crippen molar-refractivity contribution < 1.29 is 32.5 Å². The van der Waals surface area contributed by atoms with Crippen LogP contribution in [0.4, 0.5) is 19.1 Å². The summed E-state index contributed by atoms with van der Waals surface area (Å²) in [5, 5.41) is 8.87. The van der Waals surface area contributed by atoms with E-state index >= 15 is 0 Å². The van der Waals surface area contributed by atoms with E-state index in [2.05, 4.69) is 9.97 Å². The number of methoxy groups -OCH3 is 1. The third-order valence-electron chi connectivity index (χ3n) is 5.23. The Morgan fingerprint density at radius 1 is 1.11 bits per heavy atom. The molecule has 0 unspecified atom stereocenters. The fourth-order valence-corrected chi connectivity index (χ4v) is 3.45. The van der Waals surface area contributed by atoms with E-state index in [1.807, 2.05) is 24.0 Å². The Morgan fingerprint density at radius 3 is 2.49 bits per heavy atom. The van der Waals surface area contributed by atoms with Gasteiger partial charge in [0.15, 0.2) is 6.61 Å². The molecule has 0 amide bonds. The molecule has 0 atom stereocenters. The topological polar surface area (TPSA) is 84.8 Å². The summed E-state index contributed by atoms with van der Waals surface area (Å²) in [6.07, 6.45) is -2.19. The van der Waals surface area contributed by atoms with E-state index in [-0.39, 0.29) is 0 Å². The van der Waals surface area contributed by atoms with Crippen LogP contribution in [-0.4, -0.2) is 47.9 Å². The second-order valence-corrected chi connectivity index (χ2v) is 7.71. The van der Waals surface area contributed by atoms with Gasteiger partial charge in [0.05, 0.1) is 17.9 Å². The third-order valence-corrected chi connectivity index (χ3v) is 5.23. The van der Waals surface area contributed by atoms with E-state index in [1.165, 1.54) is 12.1 Å². The normalized spacial score (nSPS) is 11.3. The maximum Gasteiger partial charge on any atom is 0.416 e. The Morgan fingerprint density at radius 2 is 1.86 bits per heavy atom. The van der Waals surface area contributed by atoms with Crippen LogP contribution in [0.1, 0.15) is 23.6 Å². The number of aromatic nitrogens is 2. The van der Waals surface area contributed by atoms with Crippen LogP contribution in [0.2, 0.25) is 0 Å². The predicted molar refractivity (Wildman–Crippen MR) is 124 cm³/mol. The molecule has 0 aliphatic rings. The van der Waals surface area contributed by atoms with Gasteiger partial charge in [-0.15, -0.1) is 0 Å². The lowest BCUT2D eigenvalue weighted by Gasteiger charge is -2.23. The number of carboxylic acid groups (broad SMARTS) is 1. The van der Waals surface area contributed by atoms with Gasteiger partial charge >= 0.3 is 12.1 Å². The molecule has 1 N–H and O–H groups in total. The number of hydrogen-bond acceptors (Lipinski definition) is 6. The van der Waals surface area contributed by atoms with Crippen LogP contribution in [0.25, 0.3) is 11.3 Å². The molecule has 3 rings (SSSR count). The van der Waals surface area contributed by atoms with Crippen molar-refractivity contribution in [3.05, 3.63) is 71.4 Å². The average Bonchev–Trinajstić information content (AvgIpc) is 2.85. The summed E-state index contributed by atoms with van der Waals surface area (Å²) < 4.78 is 49.3. The number of ether oxygens (including phenoxy) is 2. The summed E-state index contributed by atoms with van der Waals surface area (Å²) in [6.45, 7) is 2.86. The van der Waals surface area contributed by atoms with Crippen LogP contribution in [0.3, 0.4) is 0 Å². The van der Waals surface area contributed by atoms with Crippen molar-refractivity contribution in [3.63, 3.8) is 0 Å². The Kier molecular flexibility index (Phi) is 8.64. The molecule has 0 radical (unpaired) electrons. The summed E-state index contributed by atoms with van der Waals surface area (Å²) in [5.74, 6) is -0.127. The van der Waals surface area contributed by atoms with Gasteiger partial charge in [-0.3, -0.25) is 0 Å². The van der Waals surface area contributed by atoms with Gasteiger partial charge in [-0.1, -0.05) is 31.2 Å². The lowest BCUT2D eigenvalue weighted by atomic mass is 10.1. The molecule has 186 valence electrons. The lowest BCUT2D eigenvalue weighted by Crippen LogP contribution is -2.28. The molecule has 35 heavy (non-hydrogen) atoms. The van der Waals surface area contributed by atoms with Gasteiger partial charge in [0.1, 0.15) is 5.75 Å². The number of anilines is 1. The minimum Gasteiger partial charge on any atom is -0.482 e. The number of halogens is 3. The van der Waals surface area contributed by atoms with Crippen molar-refractivity contribution >= 4 is 11.9 Å². The first-order valence-electron chi connectivity index (χ1n) is 10.9. The van der Waals surface area contributed by atoms with Crippen LogP contribution in [0.5, 0.6) is 5.75 Å². The summed E-state index contributed by atoms with van der Waals surface area (Å²) in [5.41, 5.74) is 2.12. The molecule has 1 heterocycles. The summed E-state index contributed by atoms with van der Waals surface area (Å²) in [4.78, 5) is 21.7. The minimum atomic E-state index is -4.40. The fourth-order valence-electron chi connectivity index (χ4n) is 3.45. The molecule has 0 aliphatic heterocycles. The smallest absolute Gasteiger partial charge is 0.416 e. The molecule has 0 fully saturated rings. The molecule has 2 aromatic carbocycles. The highest BCUT2D eigenvalue weighted by Crippen LogP contribution is 2.31. The van der Waals surface area contributed by atoms with Crippen LogP contribution >= 0.6 is 0 Å². The number of benzene rings is 2. The molecule has 1 aromatic heterocycles. The van der Waals surface area contributed by atoms with Gasteiger partial charge in [0, 0.05) is 32.0 Å². The molecule has 0 saturated heterocycles. The quantitative estimate of drug-likeness (QED) is 0.413. The molecule has 3 aromatic rings. The lowest BCUT2D eigenvalue weighted by molar-refractivity contribution is -0.139. The van der Waals surface area contributed by atoms with Gasteiger partial charge in [-0.25, -0.2) is 14.8 Å². The van der Waals surface area contributed by atoms with E-state index in [0.29, 0.717) is 49.1 Å². The first kappa shape index (κ1) is 26.0. The van der Waals surface area contributed by atoms with Crippen molar-refractivity contribution in [1.82, 2.24) is 9.97 Å². The van der Waals surface area contributed by atoms with Gasteiger partial charge < -0.3 is 19.5 Å². The molecular weight excluding hydrogens is 463 g/mol. The van der Waals surface area contributed by atoms with E-state index in [1.54, 1.807) is 25.4 Å². The van der Waals surface area contributed by atoms with Crippen molar-refractivity contribution in [1.29, 1.82) is 0 Å². The first-order valence-corrected chi connectivity index (χ1v) is 10.9. The average molecular weight is 489 g/mol. The molecule has 10 heteroatoms. The van der Waals surface area contributed by atoms with E-state index < -0.39 is 24.3 Å². The Balaban J connectivity index is 1.85. The zero-order chi connectivity index (χ0) is 25.4. The SMILES string of the molecule is CCc1cc(CN(CCOC)c2nccc(-c3ccc(C(F)(F)F)cc3)n2)ccc1OCC(=O)O. The van der Waals surface area contributed by atoms with E-state index in [4.69, 9.17) is 14.6 Å². The largest absolute Gasteiger partial charge is 0.482 e. The Hall–Kier alpha value is -3.66. The van der Waals surface area contributed by atoms with E-state index in [0.717, 1.165) is 23.3 Å². The zero-order valence-electron chi connectivity index (χ0n) is 19.4. The maximum absolute atomic E-state index is 12.9. The Labute approximate surface area is 201 Å². The van der Waals surface area contributed by atoms with Crippen molar-refractivity contribution in [2.75, 3.05) is 31.8 Å². The second kappa shape index (κ2) is 11.7. The first-order chi connectivity index (χ1) is 16.7. The highest BCUT2D eigenvalue weighted by atomic mass is 19.4. The molecular formula is C25H26F3N3O4. The van der Waals surface area contributed by atoms with Gasteiger partial charge in [0.2, 0.25) is 5.95 Å². The van der Waals surface area contributed by atoms with Crippen molar-refractivity contribution in [3.8, 4) is 17.0 Å². The molecule has 0 spiro atoms. The number of aryl methyl sites for hydroxylation is 1. The number of hydrogen-bond donors (Lipinski definition) is 1. The molecule has 0 bridgehead atoms. The maximum atomic E-state index is 12.9. The Bertz CT molecular complexity index is 1140. The van der Waals surface area contributed by atoms with Gasteiger partial charge in [0.25, 0.3) is 0 Å². The molecule has 0 aliphatic carbocycles. The number of aliphatic carboxylic acids is 1. The summed E-state index contributed by atoms with van der Waals surface area (Å²) in [6, 6.07) is 12.0.